The molecule has 36 heavy (non-hydrogen) atoms. The molecule has 1 atom stereocenters. The average Bonchev–Trinajstić information content (AvgIpc) is 3.44. The van der Waals surface area contributed by atoms with Gasteiger partial charge in [0.15, 0.2) is 0 Å². The molecule has 3 rings (SSSR count). The fraction of sp³-hybridized carbons (Fsp3) is 0.613. The van der Waals surface area contributed by atoms with Crippen LogP contribution in [0, 0.1) is 0 Å². The normalized spacial score (nSPS) is 14.7. The first-order chi connectivity index (χ1) is 17.6. The zero-order valence-electron chi connectivity index (χ0n) is 22.3. The Kier molecular flexibility index (Phi) is 12.3. The van der Waals surface area contributed by atoms with Crippen molar-refractivity contribution in [3.05, 3.63) is 57.3 Å². The van der Waals surface area contributed by atoms with E-state index < -0.39 is 0 Å². The molecule has 5 heteroatoms. The molecular formula is C31H44BrNO3. The number of esters is 1. The first-order valence-electron chi connectivity index (χ1n) is 14.3. The van der Waals surface area contributed by atoms with Gasteiger partial charge < -0.3 is 9.30 Å². The number of halogens is 1. The molecule has 1 unspecified atom stereocenters. The van der Waals surface area contributed by atoms with Crippen LogP contribution in [0.25, 0.3) is 0 Å². The van der Waals surface area contributed by atoms with Gasteiger partial charge in [-0.25, -0.2) is 0 Å². The maximum Gasteiger partial charge on any atom is 0.315 e. The van der Waals surface area contributed by atoms with Crippen LogP contribution in [-0.2, 0) is 22.5 Å². The maximum atomic E-state index is 13.5. The summed E-state index contributed by atoms with van der Waals surface area (Å²) in [6, 6.07) is 9.46. The summed E-state index contributed by atoms with van der Waals surface area (Å²) in [5, 5.41) is 0. The third kappa shape index (κ3) is 7.57. The molecular weight excluding hydrogens is 514 g/mol. The van der Waals surface area contributed by atoms with Gasteiger partial charge in [0.2, 0.25) is 5.78 Å². The Morgan fingerprint density at radius 2 is 1.50 bits per heavy atom. The van der Waals surface area contributed by atoms with Crippen LogP contribution >= 0.6 is 15.9 Å². The topological polar surface area (TPSA) is 48.3 Å². The lowest BCUT2D eigenvalue weighted by Gasteiger charge is -2.11. The van der Waals surface area contributed by atoms with E-state index in [1.54, 1.807) is 0 Å². The number of hydrogen-bond acceptors (Lipinski definition) is 3. The zero-order chi connectivity index (χ0) is 25.8. The van der Waals surface area contributed by atoms with Crippen LogP contribution in [0.15, 0.2) is 34.8 Å². The van der Waals surface area contributed by atoms with Crippen molar-refractivity contribution in [2.45, 2.75) is 116 Å². The summed E-state index contributed by atoms with van der Waals surface area (Å²) in [7, 11) is 0. The van der Waals surface area contributed by atoms with Crippen molar-refractivity contribution in [2.24, 2.45) is 0 Å². The minimum atomic E-state index is -0.305. The minimum Gasteiger partial charge on any atom is -0.465 e. The van der Waals surface area contributed by atoms with Crippen molar-refractivity contribution >= 4 is 27.7 Å². The van der Waals surface area contributed by atoms with Crippen molar-refractivity contribution in [2.75, 3.05) is 6.61 Å². The SMILES string of the molecule is CCCCCCCCCCCCOC(=O)C1CCn2c(C(=O)c3ccccc3)c(CCCC)c(Br)c21. The van der Waals surface area contributed by atoms with Crippen LogP contribution in [0.2, 0.25) is 0 Å². The minimum absolute atomic E-state index is 0.0352. The van der Waals surface area contributed by atoms with Gasteiger partial charge in [-0.3, -0.25) is 9.59 Å². The van der Waals surface area contributed by atoms with Gasteiger partial charge in [-0.05, 0) is 47.2 Å². The number of rotatable bonds is 17. The molecule has 4 nitrogen and oxygen atoms in total. The largest absolute Gasteiger partial charge is 0.465 e. The number of unbranched alkanes of at least 4 members (excludes halogenated alkanes) is 10. The van der Waals surface area contributed by atoms with Gasteiger partial charge in [-0.1, -0.05) is 108 Å². The average molecular weight is 559 g/mol. The number of hydrogen-bond donors (Lipinski definition) is 0. The summed E-state index contributed by atoms with van der Waals surface area (Å²) in [6.07, 6.45) is 16.2. The van der Waals surface area contributed by atoms with Crippen molar-refractivity contribution in [1.29, 1.82) is 0 Å². The van der Waals surface area contributed by atoms with Gasteiger partial charge in [0.1, 0.15) is 0 Å². The summed E-state index contributed by atoms with van der Waals surface area (Å²) in [5.74, 6) is -0.420. The summed E-state index contributed by atoms with van der Waals surface area (Å²) >= 11 is 3.79. The molecule has 0 N–H and O–H groups in total. The van der Waals surface area contributed by atoms with E-state index in [0.29, 0.717) is 25.1 Å². The van der Waals surface area contributed by atoms with Gasteiger partial charge in [0.05, 0.1) is 18.2 Å². The van der Waals surface area contributed by atoms with Crippen LogP contribution in [-0.4, -0.2) is 22.9 Å². The third-order valence-electron chi connectivity index (χ3n) is 7.37. The molecule has 1 aliphatic heterocycles. The van der Waals surface area contributed by atoms with E-state index in [0.717, 1.165) is 53.5 Å². The van der Waals surface area contributed by atoms with E-state index in [2.05, 4.69) is 34.3 Å². The second kappa shape index (κ2) is 15.4. The van der Waals surface area contributed by atoms with Crippen LogP contribution in [0.5, 0.6) is 0 Å². The second-order valence-corrected chi connectivity index (χ2v) is 11.0. The molecule has 1 aromatic carbocycles. The number of nitrogens with zero attached hydrogens (tertiary/aromatic N) is 1. The van der Waals surface area contributed by atoms with E-state index in [1.807, 2.05) is 30.3 Å². The fourth-order valence-electron chi connectivity index (χ4n) is 5.29. The Labute approximate surface area is 226 Å². The molecule has 0 fully saturated rings. The number of fused-ring (bicyclic) bond motifs is 1. The highest BCUT2D eigenvalue weighted by atomic mass is 79.9. The summed E-state index contributed by atoms with van der Waals surface area (Å²) in [6.45, 7) is 5.57. The first-order valence-corrected chi connectivity index (χ1v) is 15.1. The van der Waals surface area contributed by atoms with Crippen LogP contribution in [0.3, 0.4) is 0 Å². The smallest absolute Gasteiger partial charge is 0.315 e. The Bertz CT molecular complexity index is 966. The van der Waals surface area contributed by atoms with Gasteiger partial charge in [-0.15, -0.1) is 0 Å². The maximum absolute atomic E-state index is 13.5. The molecule has 1 aromatic heterocycles. The number of carbonyl (C=O) groups excluding carboxylic acids is 2. The van der Waals surface area contributed by atoms with Crippen LogP contribution < -0.4 is 0 Å². The number of aromatic nitrogens is 1. The highest BCUT2D eigenvalue weighted by Gasteiger charge is 2.38. The molecule has 0 bridgehead atoms. The highest BCUT2D eigenvalue weighted by molar-refractivity contribution is 9.10. The predicted octanol–water partition coefficient (Wildman–Crippen LogP) is 8.78. The predicted molar refractivity (Wildman–Crippen MR) is 151 cm³/mol. The molecule has 0 aliphatic carbocycles. The van der Waals surface area contributed by atoms with E-state index >= 15 is 0 Å². The Morgan fingerprint density at radius 3 is 2.14 bits per heavy atom. The van der Waals surface area contributed by atoms with Crippen LogP contribution in [0.1, 0.15) is 131 Å². The monoisotopic (exact) mass is 557 g/mol. The molecule has 2 aromatic rings. The second-order valence-electron chi connectivity index (χ2n) is 10.2. The molecule has 2 heterocycles. The third-order valence-corrected chi connectivity index (χ3v) is 8.25. The lowest BCUT2D eigenvalue weighted by molar-refractivity contribution is -0.145. The molecule has 0 saturated heterocycles. The fourth-order valence-corrected chi connectivity index (χ4v) is 6.16. The number of ether oxygens (including phenoxy) is 1. The lowest BCUT2D eigenvalue weighted by Crippen LogP contribution is -2.15. The highest BCUT2D eigenvalue weighted by Crippen LogP contribution is 2.42. The zero-order valence-corrected chi connectivity index (χ0v) is 23.9. The summed E-state index contributed by atoms with van der Waals surface area (Å²) in [4.78, 5) is 26.6. The first kappa shape index (κ1) is 28.7. The standard InChI is InChI=1S/C31H44BrNO3/c1-3-5-7-8-9-10-11-12-13-17-23-36-31(35)26-21-22-33-28(26)27(32)25(20-6-4-2)29(33)30(34)24-18-15-14-16-19-24/h14-16,18-19,26H,3-13,17,20-23H2,1-2H3. The van der Waals surface area contributed by atoms with Gasteiger partial charge in [0.25, 0.3) is 0 Å². The molecule has 0 spiro atoms. The van der Waals surface area contributed by atoms with E-state index in [4.69, 9.17) is 4.74 Å². The van der Waals surface area contributed by atoms with Crippen molar-refractivity contribution in [1.82, 2.24) is 4.57 Å². The van der Waals surface area contributed by atoms with Gasteiger partial charge in [-0.2, -0.15) is 0 Å². The lowest BCUT2D eigenvalue weighted by atomic mass is 9.99. The van der Waals surface area contributed by atoms with Crippen molar-refractivity contribution in [3.63, 3.8) is 0 Å². The molecule has 1 aliphatic rings. The molecule has 198 valence electrons. The Morgan fingerprint density at radius 1 is 0.889 bits per heavy atom. The summed E-state index contributed by atoms with van der Waals surface area (Å²) < 4.78 is 8.73. The molecule has 0 radical (unpaired) electrons. The van der Waals surface area contributed by atoms with E-state index in [-0.39, 0.29) is 17.7 Å². The van der Waals surface area contributed by atoms with Crippen molar-refractivity contribution < 1.29 is 14.3 Å². The Balaban J connectivity index is 1.55. The quantitative estimate of drug-likeness (QED) is 0.111. The number of carbonyl (C=O) groups is 2. The van der Waals surface area contributed by atoms with Crippen molar-refractivity contribution in [3.8, 4) is 0 Å². The van der Waals surface area contributed by atoms with E-state index in [9.17, 15) is 9.59 Å². The van der Waals surface area contributed by atoms with Gasteiger partial charge in [0, 0.05) is 22.3 Å². The summed E-state index contributed by atoms with van der Waals surface area (Å²) in [5.41, 5.74) is 3.39. The van der Waals surface area contributed by atoms with E-state index in [1.165, 1.54) is 51.4 Å². The number of ketones is 1. The van der Waals surface area contributed by atoms with Gasteiger partial charge >= 0.3 is 5.97 Å². The van der Waals surface area contributed by atoms with Crippen LogP contribution in [0.4, 0.5) is 0 Å². The number of benzene rings is 1. The molecule has 0 amide bonds. The molecule has 0 saturated carbocycles. The Hall–Kier alpha value is -1.88.